The lowest BCUT2D eigenvalue weighted by Crippen LogP contribution is -2.30. The molecule has 0 atom stereocenters. The number of carbonyl (C=O) groups excluding carboxylic acids is 2. The number of carbonyl (C=O) groups is 2. The number of fused-ring (bicyclic) bond motifs is 2. The summed E-state index contributed by atoms with van der Waals surface area (Å²) in [5.41, 5.74) is 3.01. The van der Waals surface area contributed by atoms with Gasteiger partial charge in [-0.3, -0.25) is 14.5 Å². The number of imidazole rings is 1. The van der Waals surface area contributed by atoms with Gasteiger partial charge in [-0.1, -0.05) is 24.3 Å². The minimum atomic E-state index is -0.498. The van der Waals surface area contributed by atoms with Gasteiger partial charge in [0, 0.05) is 20.3 Å². The molecule has 0 saturated carbocycles. The lowest BCUT2D eigenvalue weighted by molar-refractivity contribution is -0.114. The highest BCUT2D eigenvalue weighted by Crippen LogP contribution is 2.30. The first-order valence-corrected chi connectivity index (χ1v) is 8.59. The summed E-state index contributed by atoms with van der Waals surface area (Å²) in [4.78, 5) is 30.9. The van der Waals surface area contributed by atoms with Gasteiger partial charge in [0.1, 0.15) is 5.82 Å². The van der Waals surface area contributed by atoms with Crippen LogP contribution in [-0.4, -0.2) is 35.0 Å². The predicted octanol–water partition coefficient (Wildman–Crippen LogP) is 2.80. The third-order valence-electron chi connectivity index (χ3n) is 4.64. The first-order chi connectivity index (χ1) is 12.7. The molecule has 4 rings (SSSR count). The Morgan fingerprint density at radius 3 is 2.65 bits per heavy atom. The van der Waals surface area contributed by atoms with Gasteiger partial charge in [0.25, 0.3) is 11.7 Å². The van der Waals surface area contributed by atoms with Crippen LogP contribution in [0.3, 0.4) is 0 Å². The molecule has 3 aromatic rings. The average Bonchev–Trinajstić information content (AvgIpc) is 3.13. The zero-order chi connectivity index (χ0) is 18.1. The second-order valence-electron chi connectivity index (χ2n) is 6.25. The maximum absolute atomic E-state index is 12.5. The number of hydrogen-bond donors (Lipinski definition) is 0. The molecule has 1 aliphatic rings. The highest BCUT2D eigenvalue weighted by atomic mass is 16.5. The van der Waals surface area contributed by atoms with E-state index in [1.807, 2.05) is 30.3 Å². The zero-order valence-corrected chi connectivity index (χ0v) is 14.5. The van der Waals surface area contributed by atoms with E-state index in [1.54, 1.807) is 25.3 Å². The summed E-state index contributed by atoms with van der Waals surface area (Å²) in [7, 11) is 1.68. The molecule has 6 heteroatoms. The fourth-order valence-electron chi connectivity index (χ4n) is 3.41. The second kappa shape index (κ2) is 6.72. The van der Waals surface area contributed by atoms with Crippen LogP contribution in [-0.2, 0) is 22.6 Å². The van der Waals surface area contributed by atoms with Crippen LogP contribution in [0.25, 0.3) is 11.0 Å². The molecule has 2 aromatic carbocycles. The fraction of sp³-hybridized carbons (Fsp3) is 0.250. The number of ether oxygens (including phenoxy) is 1. The number of para-hydroxylation sites is 3. The van der Waals surface area contributed by atoms with Crippen LogP contribution >= 0.6 is 0 Å². The molecule has 6 nitrogen and oxygen atoms in total. The topological polar surface area (TPSA) is 64.4 Å². The van der Waals surface area contributed by atoms with E-state index in [0.717, 1.165) is 29.8 Å². The van der Waals surface area contributed by atoms with Crippen LogP contribution in [0.4, 0.5) is 5.69 Å². The van der Waals surface area contributed by atoms with Gasteiger partial charge in [0.05, 0.1) is 28.8 Å². The molecule has 0 unspecified atom stereocenters. The largest absolute Gasteiger partial charge is 0.385 e. The van der Waals surface area contributed by atoms with E-state index in [0.29, 0.717) is 17.9 Å². The number of nitrogens with zero attached hydrogens (tertiary/aromatic N) is 3. The van der Waals surface area contributed by atoms with Gasteiger partial charge in [-0.15, -0.1) is 0 Å². The SMILES string of the molecule is COCCCn1c(CN2C(=O)C(=O)c3ccccc32)nc2ccccc21. The van der Waals surface area contributed by atoms with Crippen LogP contribution < -0.4 is 4.90 Å². The van der Waals surface area contributed by atoms with Gasteiger partial charge in [0.2, 0.25) is 0 Å². The molecular weight excluding hydrogens is 330 g/mol. The van der Waals surface area contributed by atoms with Crippen molar-refractivity contribution in [3.05, 3.63) is 59.9 Å². The van der Waals surface area contributed by atoms with Crippen LogP contribution in [0.5, 0.6) is 0 Å². The third kappa shape index (κ3) is 2.68. The number of hydrogen-bond acceptors (Lipinski definition) is 4. The summed E-state index contributed by atoms with van der Waals surface area (Å²) in [5, 5.41) is 0. The molecule has 1 aliphatic heterocycles. The van der Waals surface area contributed by atoms with Crippen molar-refractivity contribution in [2.45, 2.75) is 19.5 Å². The summed E-state index contributed by atoms with van der Waals surface area (Å²) in [5.74, 6) is -0.190. The van der Waals surface area contributed by atoms with Crippen molar-refractivity contribution in [3.8, 4) is 0 Å². The number of rotatable bonds is 6. The molecule has 0 aliphatic carbocycles. The van der Waals surface area contributed by atoms with Crippen molar-refractivity contribution >= 4 is 28.4 Å². The van der Waals surface area contributed by atoms with Crippen molar-refractivity contribution < 1.29 is 14.3 Å². The van der Waals surface area contributed by atoms with Gasteiger partial charge in [-0.05, 0) is 30.7 Å². The molecule has 0 fully saturated rings. The van der Waals surface area contributed by atoms with E-state index in [2.05, 4.69) is 4.57 Å². The van der Waals surface area contributed by atoms with E-state index in [-0.39, 0.29) is 6.54 Å². The average molecular weight is 349 g/mol. The summed E-state index contributed by atoms with van der Waals surface area (Å²) in [6.07, 6.45) is 0.841. The Balaban J connectivity index is 1.72. The van der Waals surface area contributed by atoms with E-state index in [9.17, 15) is 9.59 Å². The number of amides is 1. The summed E-state index contributed by atoms with van der Waals surface area (Å²) < 4.78 is 7.26. The molecule has 0 radical (unpaired) electrons. The smallest absolute Gasteiger partial charge is 0.299 e. The fourth-order valence-corrected chi connectivity index (χ4v) is 3.41. The highest BCUT2D eigenvalue weighted by molar-refractivity contribution is 6.52. The lowest BCUT2D eigenvalue weighted by Gasteiger charge is -2.17. The van der Waals surface area contributed by atoms with Crippen LogP contribution in [0.15, 0.2) is 48.5 Å². The summed E-state index contributed by atoms with van der Waals surface area (Å²) in [6.45, 7) is 1.65. The molecule has 1 aromatic heterocycles. The minimum Gasteiger partial charge on any atom is -0.385 e. The van der Waals surface area contributed by atoms with Crippen LogP contribution in [0.2, 0.25) is 0 Å². The maximum Gasteiger partial charge on any atom is 0.299 e. The molecule has 0 saturated heterocycles. The van der Waals surface area contributed by atoms with Crippen molar-refractivity contribution in [1.29, 1.82) is 0 Å². The first-order valence-electron chi connectivity index (χ1n) is 8.59. The lowest BCUT2D eigenvalue weighted by atomic mass is 10.1. The quantitative estimate of drug-likeness (QED) is 0.507. The highest BCUT2D eigenvalue weighted by Gasteiger charge is 2.36. The van der Waals surface area contributed by atoms with Crippen LogP contribution in [0, 0.1) is 0 Å². The molecule has 26 heavy (non-hydrogen) atoms. The maximum atomic E-state index is 12.5. The third-order valence-corrected chi connectivity index (χ3v) is 4.64. The Morgan fingerprint density at radius 2 is 1.81 bits per heavy atom. The number of aromatic nitrogens is 2. The Bertz CT molecular complexity index is 993. The van der Waals surface area contributed by atoms with Gasteiger partial charge in [-0.2, -0.15) is 0 Å². The number of Topliss-reactive ketones (excluding diaryl/α,β-unsaturated/α-hetero) is 1. The first kappa shape index (κ1) is 16.5. The molecule has 0 bridgehead atoms. The van der Waals surface area contributed by atoms with Crippen molar-refractivity contribution in [2.75, 3.05) is 18.6 Å². The van der Waals surface area contributed by atoms with E-state index < -0.39 is 11.7 Å². The number of anilines is 1. The van der Waals surface area contributed by atoms with Gasteiger partial charge in [0.15, 0.2) is 0 Å². The monoisotopic (exact) mass is 349 g/mol. The van der Waals surface area contributed by atoms with E-state index >= 15 is 0 Å². The van der Waals surface area contributed by atoms with Gasteiger partial charge < -0.3 is 9.30 Å². The molecule has 2 heterocycles. The number of ketones is 1. The number of benzene rings is 2. The zero-order valence-electron chi connectivity index (χ0n) is 14.5. The second-order valence-corrected chi connectivity index (χ2v) is 6.25. The molecular formula is C20H19N3O3. The standard InChI is InChI=1S/C20H19N3O3/c1-26-12-6-11-22-17-10-5-3-8-15(17)21-18(22)13-23-16-9-4-2-7-14(16)19(24)20(23)25/h2-5,7-10H,6,11-13H2,1H3. The summed E-state index contributed by atoms with van der Waals surface area (Å²) >= 11 is 0. The van der Waals surface area contributed by atoms with Crippen molar-refractivity contribution in [1.82, 2.24) is 9.55 Å². The number of methoxy groups -OCH3 is 1. The molecule has 1 amide bonds. The van der Waals surface area contributed by atoms with Crippen molar-refractivity contribution in [2.24, 2.45) is 0 Å². The van der Waals surface area contributed by atoms with E-state index in [1.165, 1.54) is 4.90 Å². The molecule has 0 spiro atoms. The summed E-state index contributed by atoms with van der Waals surface area (Å²) in [6, 6.07) is 15.0. The Hall–Kier alpha value is -2.99. The van der Waals surface area contributed by atoms with E-state index in [4.69, 9.17) is 9.72 Å². The van der Waals surface area contributed by atoms with Crippen LogP contribution in [0.1, 0.15) is 22.6 Å². The van der Waals surface area contributed by atoms with Gasteiger partial charge >= 0.3 is 0 Å². The minimum absolute atomic E-state index is 0.267. The number of aryl methyl sites for hydroxylation is 1. The Labute approximate surface area is 151 Å². The Kier molecular flexibility index (Phi) is 4.26. The Morgan fingerprint density at radius 1 is 1.04 bits per heavy atom. The van der Waals surface area contributed by atoms with Crippen molar-refractivity contribution in [3.63, 3.8) is 0 Å². The molecule has 0 N–H and O–H groups in total. The van der Waals surface area contributed by atoms with Gasteiger partial charge in [-0.25, -0.2) is 4.98 Å². The predicted molar refractivity (Wildman–Crippen MR) is 98.2 cm³/mol. The molecule has 132 valence electrons. The normalized spacial score (nSPS) is 13.7.